The molecule has 3 fully saturated rings. The van der Waals surface area contributed by atoms with Gasteiger partial charge in [0.15, 0.2) is 5.82 Å². The van der Waals surface area contributed by atoms with Crippen molar-refractivity contribution in [3.63, 3.8) is 0 Å². The number of piperidine rings is 2. The normalized spacial score (nSPS) is 19.3. The van der Waals surface area contributed by atoms with E-state index >= 15 is 4.39 Å². The van der Waals surface area contributed by atoms with Crippen LogP contribution in [-0.4, -0.2) is 68.9 Å². The lowest BCUT2D eigenvalue weighted by molar-refractivity contribution is -0.0221. The summed E-state index contributed by atoms with van der Waals surface area (Å²) in [4.78, 5) is 21.6. The van der Waals surface area contributed by atoms with E-state index < -0.39 is 52.9 Å². The Balaban J connectivity index is 1.35. The number of aromatic nitrogens is 1. The van der Waals surface area contributed by atoms with Crippen molar-refractivity contribution in [3.05, 3.63) is 47.8 Å². The Morgan fingerprint density at radius 2 is 1.66 bits per heavy atom. The number of aliphatic hydroxyl groups is 1. The van der Waals surface area contributed by atoms with E-state index in [1.54, 1.807) is 12.1 Å². The van der Waals surface area contributed by atoms with Crippen LogP contribution in [0.15, 0.2) is 36.4 Å². The van der Waals surface area contributed by atoms with Gasteiger partial charge in [0, 0.05) is 44.4 Å². The second-order valence-electron chi connectivity index (χ2n) is 12.1. The molecule has 1 spiro atoms. The van der Waals surface area contributed by atoms with Crippen molar-refractivity contribution in [1.29, 1.82) is 0 Å². The van der Waals surface area contributed by atoms with Crippen LogP contribution < -0.4 is 25.6 Å². The Bertz CT molecular complexity index is 1700. The Hall–Kier alpha value is -3.78. The first-order valence-electron chi connectivity index (χ1n) is 14.7. The highest BCUT2D eigenvalue weighted by Gasteiger charge is 2.44. The highest BCUT2D eigenvalue weighted by molar-refractivity contribution is 7.92. The number of benzene rings is 2. The van der Waals surface area contributed by atoms with Crippen LogP contribution in [0.4, 0.5) is 41.7 Å². The molecule has 0 atom stereocenters. The van der Waals surface area contributed by atoms with Crippen LogP contribution in [0, 0.1) is 11.2 Å². The fourth-order valence-corrected chi connectivity index (χ4v) is 6.99. The van der Waals surface area contributed by atoms with E-state index in [4.69, 9.17) is 10.8 Å². The highest BCUT2D eigenvalue weighted by atomic mass is 32.2. The molecule has 3 heterocycles. The molecule has 2 aliphatic heterocycles. The number of nitrogens with one attached hydrogen (secondary N) is 2. The number of halogens is 3. The summed E-state index contributed by atoms with van der Waals surface area (Å²) >= 11 is 0. The molecule has 3 aromatic rings. The number of alkyl halides is 2. The minimum atomic E-state index is -3.81. The molecule has 6 rings (SSSR count). The number of carbonyl (C=O) groups excluding carboxylic acids is 1. The summed E-state index contributed by atoms with van der Waals surface area (Å²) in [5, 5.41) is 12.3. The number of fused-ring (bicyclic) bond motifs is 1. The molecule has 1 aromatic heterocycles. The van der Waals surface area contributed by atoms with Crippen molar-refractivity contribution < 1.29 is 31.5 Å². The van der Waals surface area contributed by atoms with Crippen LogP contribution in [0.5, 0.6) is 0 Å². The van der Waals surface area contributed by atoms with Crippen molar-refractivity contribution in [1.82, 2.24) is 4.98 Å². The minimum Gasteiger partial charge on any atom is -0.395 e. The van der Waals surface area contributed by atoms with Gasteiger partial charge in [-0.05, 0) is 67.5 Å². The van der Waals surface area contributed by atoms with Crippen LogP contribution in [0.1, 0.15) is 48.9 Å². The van der Waals surface area contributed by atoms with Gasteiger partial charge in [0.05, 0.1) is 40.5 Å². The maximum atomic E-state index is 16.2. The van der Waals surface area contributed by atoms with Crippen LogP contribution in [0.25, 0.3) is 10.9 Å². The predicted octanol–water partition coefficient (Wildman–Crippen LogP) is 4.56. The van der Waals surface area contributed by atoms with Crippen LogP contribution in [-0.2, 0) is 10.0 Å². The number of nitrogens with two attached hydrogens (primary N) is 1. The number of amides is 1. The van der Waals surface area contributed by atoms with Crippen molar-refractivity contribution >= 4 is 55.4 Å². The molecule has 2 aromatic carbocycles. The van der Waals surface area contributed by atoms with Gasteiger partial charge in [0.2, 0.25) is 10.0 Å². The molecule has 10 nitrogen and oxygen atoms in total. The van der Waals surface area contributed by atoms with Gasteiger partial charge in [-0.1, -0.05) is 0 Å². The third kappa shape index (κ3) is 6.23. The fourth-order valence-electron chi connectivity index (χ4n) is 6.17. The lowest BCUT2D eigenvalue weighted by Crippen LogP contribution is -2.40. The molecule has 2 saturated heterocycles. The van der Waals surface area contributed by atoms with Crippen molar-refractivity contribution in [2.75, 3.05) is 64.1 Å². The summed E-state index contributed by atoms with van der Waals surface area (Å²) < 4.78 is 71.2. The molecular weight excluding hydrogens is 597 g/mol. The molecule has 5 N–H and O–H groups in total. The number of rotatable bonds is 8. The number of anilines is 5. The molecule has 1 aliphatic carbocycles. The molecule has 14 heteroatoms. The van der Waals surface area contributed by atoms with Gasteiger partial charge in [-0.25, -0.2) is 26.6 Å². The first-order valence-corrected chi connectivity index (χ1v) is 16.4. The van der Waals surface area contributed by atoms with E-state index in [0.717, 1.165) is 12.8 Å². The molecule has 0 unspecified atom stereocenters. The largest absolute Gasteiger partial charge is 0.395 e. The quantitative estimate of drug-likeness (QED) is 0.284. The number of pyridine rings is 1. The lowest BCUT2D eigenvalue weighted by atomic mass is 9.93. The fraction of sp³-hybridized carbons (Fsp3) is 0.467. The van der Waals surface area contributed by atoms with Gasteiger partial charge in [-0.3, -0.25) is 9.52 Å². The second-order valence-corrected chi connectivity index (χ2v) is 13.9. The zero-order valence-corrected chi connectivity index (χ0v) is 24.9. The van der Waals surface area contributed by atoms with Gasteiger partial charge >= 0.3 is 0 Å². The molecule has 3 aliphatic rings. The number of carbonyl (C=O) groups is 1. The third-order valence-electron chi connectivity index (χ3n) is 8.97. The van der Waals surface area contributed by atoms with Gasteiger partial charge in [-0.15, -0.1) is 0 Å². The maximum absolute atomic E-state index is 16.2. The molecular formula is C30H35F3N6O4S. The standard InChI is InChI=1S/C30H35F3N6O4S/c31-25-22(17-19-1-4-24(34)36-26(19)27(25)39-13-9-30(32,33)10-14-39)35-28(41)21-3-2-20(37-44(42,43)16-15-40)18-23(21)38-11-7-29(5-6-29)8-12-38/h1-4,17-18,37,40H,5-16H2,(H2,34,36)(H,35,41). The number of sulfonamides is 1. The average molecular weight is 633 g/mol. The third-order valence-corrected chi connectivity index (χ3v) is 10.2. The Morgan fingerprint density at radius 1 is 0.977 bits per heavy atom. The number of hydrogen-bond acceptors (Lipinski definition) is 8. The Labute approximate surface area is 253 Å². The lowest BCUT2D eigenvalue weighted by Gasteiger charge is -2.35. The highest BCUT2D eigenvalue weighted by Crippen LogP contribution is 2.54. The number of hydrogen-bond donors (Lipinski definition) is 4. The van der Waals surface area contributed by atoms with Gasteiger partial charge in [0.1, 0.15) is 11.5 Å². The number of aliphatic hydroxyl groups excluding tert-OH is 1. The zero-order valence-electron chi connectivity index (χ0n) is 24.1. The summed E-state index contributed by atoms with van der Waals surface area (Å²) in [6, 6.07) is 9.12. The van der Waals surface area contributed by atoms with E-state index in [-0.39, 0.29) is 47.0 Å². The summed E-state index contributed by atoms with van der Waals surface area (Å²) in [6.07, 6.45) is 3.36. The van der Waals surface area contributed by atoms with Crippen molar-refractivity contribution in [3.8, 4) is 0 Å². The number of nitrogens with zero attached hydrogens (tertiary/aromatic N) is 3. The van der Waals surface area contributed by atoms with E-state index in [9.17, 15) is 22.0 Å². The van der Waals surface area contributed by atoms with Crippen molar-refractivity contribution in [2.24, 2.45) is 5.41 Å². The first-order chi connectivity index (χ1) is 20.9. The van der Waals surface area contributed by atoms with Gasteiger partial charge in [-0.2, -0.15) is 0 Å². The number of nitrogen functional groups attached to an aromatic ring is 1. The molecule has 236 valence electrons. The monoisotopic (exact) mass is 632 g/mol. The van der Waals surface area contributed by atoms with Crippen LogP contribution in [0.3, 0.4) is 0 Å². The summed E-state index contributed by atoms with van der Waals surface area (Å²) in [5.74, 6) is -4.60. The second kappa shape index (κ2) is 11.3. The molecule has 0 bridgehead atoms. The summed E-state index contributed by atoms with van der Waals surface area (Å²) in [6.45, 7) is 0.614. The van der Waals surface area contributed by atoms with E-state index in [2.05, 4.69) is 15.0 Å². The topological polar surface area (TPSA) is 141 Å². The minimum absolute atomic E-state index is 0.000207. The van der Waals surface area contributed by atoms with Crippen LogP contribution >= 0.6 is 0 Å². The molecule has 1 amide bonds. The average Bonchev–Trinajstić information content (AvgIpc) is 3.72. The van der Waals surface area contributed by atoms with E-state index in [0.29, 0.717) is 29.6 Å². The molecule has 1 saturated carbocycles. The first kappa shape index (κ1) is 30.3. The Kier molecular flexibility index (Phi) is 7.77. The van der Waals surface area contributed by atoms with Gasteiger partial charge in [0.25, 0.3) is 11.8 Å². The summed E-state index contributed by atoms with van der Waals surface area (Å²) in [5.41, 5.74) is 7.26. The smallest absolute Gasteiger partial charge is 0.257 e. The summed E-state index contributed by atoms with van der Waals surface area (Å²) in [7, 11) is -3.81. The zero-order chi connectivity index (χ0) is 31.3. The van der Waals surface area contributed by atoms with Crippen LogP contribution in [0.2, 0.25) is 0 Å². The maximum Gasteiger partial charge on any atom is 0.257 e. The van der Waals surface area contributed by atoms with E-state index in [1.165, 1.54) is 42.0 Å². The SMILES string of the molecule is Nc1ccc2cc(NC(=O)c3ccc(NS(=O)(=O)CCO)cc3N3CCC4(CC3)CC4)c(F)c(N3CCC(F)(F)CC3)c2n1. The molecule has 0 radical (unpaired) electrons. The van der Waals surface area contributed by atoms with Crippen molar-refractivity contribution in [2.45, 2.75) is 44.4 Å². The Morgan fingerprint density at radius 3 is 2.32 bits per heavy atom. The molecule has 44 heavy (non-hydrogen) atoms. The predicted molar refractivity (Wildman–Crippen MR) is 165 cm³/mol. The van der Waals surface area contributed by atoms with E-state index in [1.807, 2.05) is 4.90 Å². The van der Waals surface area contributed by atoms with Gasteiger partial charge < -0.3 is 26.0 Å².